The van der Waals surface area contributed by atoms with E-state index in [9.17, 15) is 9.59 Å². The van der Waals surface area contributed by atoms with Crippen LogP contribution in [-0.4, -0.2) is 5.97 Å². The Morgan fingerprint density at radius 3 is 2.55 bits per heavy atom. The summed E-state index contributed by atoms with van der Waals surface area (Å²) in [6.45, 7) is 2.06. The van der Waals surface area contributed by atoms with Crippen molar-refractivity contribution in [3.05, 3.63) is 76.1 Å². The zero-order valence-electron chi connectivity index (χ0n) is 12.0. The summed E-state index contributed by atoms with van der Waals surface area (Å²) in [6.07, 6.45) is 0.922. The smallest absolute Gasteiger partial charge is 0.343 e. The van der Waals surface area contributed by atoms with Crippen LogP contribution in [0.4, 0.5) is 0 Å². The van der Waals surface area contributed by atoms with E-state index in [1.165, 1.54) is 6.07 Å². The van der Waals surface area contributed by atoms with Crippen molar-refractivity contribution in [1.29, 1.82) is 0 Å². The van der Waals surface area contributed by atoms with E-state index in [-0.39, 0.29) is 0 Å². The van der Waals surface area contributed by atoms with E-state index in [2.05, 4.69) is 6.92 Å². The lowest BCUT2D eigenvalue weighted by Gasteiger charge is -2.06. The fourth-order valence-corrected chi connectivity index (χ4v) is 2.16. The van der Waals surface area contributed by atoms with Crippen LogP contribution in [0.1, 0.15) is 22.8 Å². The Bertz CT molecular complexity index is 875. The Labute approximate surface area is 127 Å². The highest BCUT2D eigenvalue weighted by atomic mass is 16.5. The van der Waals surface area contributed by atoms with Gasteiger partial charge in [-0.3, -0.25) is 0 Å². The van der Waals surface area contributed by atoms with E-state index in [0.29, 0.717) is 22.3 Å². The summed E-state index contributed by atoms with van der Waals surface area (Å²) in [5, 5.41) is 0.700. The van der Waals surface area contributed by atoms with Crippen molar-refractivity contribution >= 4 is 16.9 Å². The second kappa shape index (κ2) is 5.85. The van der Waals surface area contributed by atoms with Crippen LogP contribution in [0.25, 0.3) is 11.0 Å². The van der Waals surface area contributed by atoms with E-state index >= 15 is 0 Å². The Morgan fingerprint density at radius 1 is 1.05 bits per heavy atom. The maximum absolute atomic E-state index is 12.1. The minimum absolute atomic E-state index is 0.408. The van der Waals surface area contributed by atoms with Crippen LogP contribution in [0.5, 0.6) is 5.75 Å². The molecule has 0 bridgehead atoms. The lowest BCUT2D eigenvalue weighted by atomic mass is 10.1. The van der Waals surface area contributed by atoms with Crippen molar-refractivity contribution in [2.45, 2.75) is 13.3 Å². The van der Waals surface area contributed by atoms with Crippen LogP contribution in [0, 0.1) is 0 Å². The van der Waals surface area contributed by atoms with Crippen molar-refractivity contribution in [3.8, 4) is 5.75 Å². The van der Waals surface area contributed by atoms with E-state index < -0.39 is 11.6 Å². The predicted molar refractivity (Wildman–Crippen MR) is 83.3 cm³/mol. The first-order valence-corrected chi connectivity index (χ1v) is 7.01. The van der Waals surface area contributed by atoms with Gasteiger partial charge in [-0.2, -0.15) is 0 Å². The first-order chi connectivity index (χ1) is 10.7. The molecule has 0 atom stereocenters. The van der Waals surface area contributed by atoms with E-state index in [4.69, 9.17) is 9.15 Å². The second-order valence-corrected chi connectivity index (χ2v) is 4.89. The Kier molecular flexibility index (Phi) is 3.74. The number of hydrogen-bond acceptors (Lipinski definition) is 4. The molecule has 0 saturated heterocycles. The van der Waals surface area contributed by atoms with E-state index in [1.54, 1.807) is 36.4 Å². The molecule has 1 heterocycles. The van der Waals surface area contributed by atoms with Crippen LogP contribution >= 0.6 is 0 Å². The Balaban J connectivity index is 1.83. The molecule has 0 N–H and O–H groups in total. The molecule has 4 nitrogen and oxygen atoms in total. The average Bonchev–Trinajstić information content (AvgIpc) is 2.55. The molecule has 0 amide bonds. The minimum atomic E-state index is -0.417. The van der Waals surface area contributed by atoms with Gasteiger partial charge in [0.15, 0.2) is 0 Å². The molecule has 0 aliphatic rings. The maximum Gasteiger partial charge on any atom is 0.343 e. The highest BCUT2D eigenvalue weighted by molar-refractivity contribution is 5.91. The predicted octanol–water partition coefficient (Wildman–Crippen LogP) is 3.57. The van der Waals surface area contributed by atoms with Gasteiger partial charge in [0, 0.05) is 11.5 Å². The number of carbonyl (C=O) groups is 1. The van der Waals surface area contributed by atoms with Crippen LogP contribution in [0.3, 0.4) is 0 Å². The normalized spacial score (nSPS) is 10.6. The molecule has 3 rings (SSSR count). The molecule has 22 heavy (non-hydrogen) atoms. The summed E-state index contributed by atoms with van der Waals surface area (Å²) >= 11 is 0. The highest BCUT2D eigenvalue weighted by Gasteiger charge is 2.09. The fraction of sp³-hybridized carbons (Fsp3) is 0.111. The molecular formula is C18H14O4. The third-order valence-corrected chi connectivity index (χ3v) is 3.40. The van der Waals surface area contributed by atoms with Gasteiger partial charge in [-0.25, -0.2) is 9.59 Å². The van der Waals surface area contributed by atoms with Gasteiger partial charge < -0.3 is 9.15 Å². The van der Waals surface area contributed by atoms with Crippen LogP contribution < -0.4 is 10.4 Å². The number of esters is 1. The summed E-state index contributed by atoms with van der Waals surface area (Å²) < 4.78 is 10.4. The SMILES string of the molecule is CCc1ccc(C(=O)Oc2ccc3oc(=O)ccc3c2)cc1. The van der Waals surface area contributed by atoms with Crippen molar-refractivity contribution in [3.63, 3.8) is 0 Å². The standard InChI is InChI=1S/C18H14O4/c1-2-12-3-5-13(6-4-12)18(20)21-15-8-9-16-14(11-15)7-10-17(19)22-16/h3-11H,2H2,1H3. The monoisotopic (exact) mass is 294 g/mol. The van der Waals surface area contributed by atoms with Gasteiger partial charge in [-0.15, -0.1) is 0 Å². The zero-order valence-corrected chi connectivity index (χ0v) is 12.0. The van der Waals surface area contributed by atoms with Crippen molar-refractivity contribution in [2.24, 2.45) is 0 Å². The summed E-state index contributed by atoms with van der Waals surface area (Å²) in [5.74, 6) is -0.00898. The molecule has 0 radical (unpaired) electrons. The number of ether oxygens (including phenoxy) is 1. The lowest BCUT2D eigenvalue weighted by Crippen LogP contribution is -2.08. The lowest BCUT2D eigenvalue weighted by molar-refractivity contribution is 0.0735. The molecule has 0 saturated carbocycles. The number of benzene rings is 2. The number of fused-ring (bicyclic) bond motifs is 1. The van der Waals surface area contributed by atoms with Crippen LogP contribution in [0.15, 0.2) is 63.8 Å². The Morgan fingerprint density at radius 2 is 1.82 bits per heavy atom. The molecule has 0 aliphatic heterocycles. The first kappa shape index (κ1) is 14.1. The topological polar surface area (TPSA) is 56.5 Å². The maximum atomic E-state index is 12.1. The molecule has 3 aromatic rings. The highest BCUT2D eigenvalue weighted by Crippen LogP contribution is 2.20. The van der Waals surface area contributed by atoms with Gasteiger partial charge in [0.25, 0.3) is 0 Å². The molecule has 0 unspecified atom stereocenters. The molecule has 1 aromatic heterocycles. The van der Waals surface area contributed by atoms with Crippen LogP contribution in [0.2, 0.25) is 0 Å². The van der Waals surface area contributed by atoms with Gasteiger partial charge in [0.05, 0.1) is 5.56 Å². The average molecular weight is 294 g/mol. The summed E-state index contributed by atoms with van der Waals surface area (Å²) in [7, 11) is 0. The molecule has 0 spiro atoms. The number of hydrogen-bond donors (Lipinski definition) is 0. The number of rotatable bonds is 3. The van der Waals surface area contributed by atoms with Crippen molar-refractivity contribution in [1.82, 2.24) is 0 Å². The van der Waals surface area contributed by atoms with Crippen LogP contribution in [-0.2, 0) is 6.42 Å². The molecule has 110 valence electrons. The summed E-state index contributed by atoms with van der Waals surface area (Å²) in [5.41, 5.74) is 1.71. The number of carbonyl (C=O) groups excluding carboxylic acids is 1. The van der Waals surface area contributed by atoms with Gasteiger partial charge in [-0.05, 0) is 48.4 Å². The van der Waals surface area contributed by atoms with Gasteiger partial charge in [-0.1, -0.05) is 19.1 Å². The third-order valence-electron chi connectivity index (χ3n) is 3.40. The van der Waals surface area contributed by atoms with Crippen molar-refractivity contribution in [2.75, 3.05) is 0 Å². The summed E-state index contributed by atoms with van der Waals surface area (Å²) in [6, 6.07) is 15.2. The van der Waals surface area contributed by atoms with Gasteiger partial charge >= 0.3 is 11.6 Å². The third kappa shape index (κ3) is 2.91. The van der Waals surface area contributed by atoms with E-state index in [1.807, 2.05) is 12.1 Å². The minimum Gasteiger partial charge on any atom is -0.423 e. The van der Waals surface area contributed by atoms with Gasteiger partial charge in [0.2, 0.25) is 0 Å². The molecule has 2 aromatic carbocycles. The Hall–Kier alpha value is -2.88. The molecular weight excluding hydrogens is 280 g/mol. The zero-order chi connectivity index (χ0) is 15.5. The van der Waals surface area contributed by atoms with E-state index in [0.717, 1.165) is 12.0 Å². The number of aryl methyl sites for hydroxylation is 1. The first-order valence-electron chi connectivity index (χ1n) is 7.01. The fourth-order valence-electron chi connectivity index (χ4n) is 2.16. The van der Waals surface area contributed by atoms with Gasteiger partial charge in [0.1, 0.15) is 11.3 Å². The largest absolute Gasteiger partial charge is 0.423 e. The van der Waals surface area contributed by atoms with Crippen molar-refractivity contribution < 1.29 is 13.9 Å². The quantitative estimate of drug-likeness (QED) is 0.421. The second-order valence-electron chi connectivity index (χ2n) is 4.89. The molecule has 4 heteroatoms. The summed E-state index contributed by atoms with van der Waals surface area (Å²) in [4.78, 5) is 23.2. The molecule has 0 fully saturated rings. The molecule has 0 aliphatic carbocycles.